The van der Waals surface area contributed by atoms with Crippen molar-refractivity contribution in [1.82, 2.24) is 20.4 Å². The minimum atomic E-state index is -0.934. The standard InChI is InChI=1S/C17H22N4O2S/c1-17(2,19-15(22)14-6-4-10-24-14)16(23)21-9-3-5-12(11-21)13-7-8-18-20-13/h4,6-8,10,12H,3,5,9,11H2,1-2H3,(H,18,20)(H,19,22). The molecular weight excluding hydrogens is 324 g/mol. The summed E-state index contributed by atoms with van der Waals surface area (Å²) in [5.74, 6) is 0.0242. The van der Waals surface area contributed by atoms with Crippen molar-refractivity contribution in [3.63, 3.8) is 0 Å². The molecule has 3 heterocycles. The highest BCUT2D eigenvalue weighted by molar-refractivity contribution is 7.12. The maximum Gasteiger partial charge on any atom is 0.262 e. The molecule has 6 nitrogen and oxygen atoms in total. The minimum Gasteiger partial charge on any atom is -0.340 e. The number of rotatable bonds is 4. The molecule has 1 atom stereocenters. The zero-order chi connectivity index (χ0) is 17.2. The number of piperidine rings is 1. The molecule has 0 radical (unpaired) electrons. The molecule has 2 aromatic rings. The molecule has 1 aliphatic heterocycles. The van der Waals surface area contributed by atoms with E-state index in [9.17, 15) is 9.59 Å². The zero-order valence-electron chi connectivity index (χ0n) is 13.9. The van der Waals surface area contributed by atoms with Crippen molar-refractivity contribution in [3.8, 4) is 0 Å². The van der Waals surface area contributed by atoms with Gasteiger partial charge in [-0.25, -0.2) is 0 Å². The Hall–Kier alpha value is -2.15. The molecule has 0 bridgehead atoms. The number of aromatic nitrogens is 2. The molecule has 2 N–H and O–H groups in total. The van der Waals surface area contributed by atoms with E-state index in [1.807, 2.05) is 22.4 Å². The highest BCUT2D eigenvalue weighted by Crippen LogP contribution is 2.26. The molecule has 0 aromatic carbocycles. The summed E-state index contributed by atoms with van der Waals surface area (Å²) in [5.41, 5.74) is 0.129. The van der Waals surface area contributed by atoms with Gasteiger partial charge in [-0.3, -0.25) is 14.7 Å². The van der Waals surface area contributed by atoms with Crippen LogP contribution in [0.3, 0.4) is 0 Å². The van der Waals surface area contributed by atoms with E-state index in [4.69, 9.17) is 0 Å². The lowest BCUT2D eigenvalue weighted by Gasteiger charge is -2.37. The molecule has 2 amide bonds. The summed E-state index contributed by atoms with van der Waals surface area (Å²) < 4.78 is 0. The van der Waals surface area contributed by atoms with E-state index in [0.717, 1.165) is 25.1 Å². The van der Waals surface area contributed by atoms with Crippen LogP contribution in [0.15, 0.2) is 29.8 Å². The normalized spacial score (nSPS) is 18.4. The first kappa shape index (κ1) is 16.7. The van der Waals surface area contributed by atoms with Crippen molar-refractivity contribution in [2.24, 2.45) is 0 Å². The summed E-state index contributed by atoms with van der Waals surface area (Å²) in [6.45, 7) is 4.91. The molecular formula is C17H22N4O2S. The monoisotopic (exact) mass is 346 g/mol. The van der Waals surface area contributed by atoms with Crippen LogP contribution in [0.4, 0.5) is 0 Å². The number of carbonyl (C=O) groups is 2. The summed E-state index contributed by atoms with van der Waals surface area (Å²) in [6, 6.07) is 5.55. The van der Waals surface area contributed by atoms with Gasteiger partial charge in [0.05, 0.1) is 4.88 Å². The van der Waals surface area contributed by atoms with Crippen molar-refractivity contribution in [1.29, 1.82) is 0 Å². The number of amides is 2. The topological polar surface area (TPSA) is 78.1 Å². The Morgan fingerprint density at radius 2 is 2.25 bits per heavy atom. The second-order valence-corrected chi connectivity index (χ2v) is 7.61. The van der Waals surface area contributed by atoms with Gasteiger partial charge >= 0.3 is 0 Å². The second-order valence-electron chi connectivity index (χ2n) is 6.66. The first-order chi connectivity index (χ1) is 11.5. The first-order valence-electron chi connectivity index (χ1n) is 8.12. The largest absolute Gasteiger partial charge is 0.340 e. The van der Waals surface area contributed by atoms with Crippen molar-refractivity contribution in [2.45, 2.75) is 38.1 Å². The molecule has 24 heavy (non-hydrogen) atoms. The quantitative estimate of drug-likeness (QED) is 0.892. The van der Waals surface area contributed by atoms with Gasteiger partial charge in [0.25, 0.3) is 5.91 Å². The number of hydrogen-bond donors (Lipinski definition) is 2. The van der Waals surface area contributed by atoms with E-state index in [1.54, 1.807) is 26.1 Å². The number of likely N-dealkylation sites (tertiary alicyclic amines) is 1. The summed E-state index contributed by atoms with van der Waals surface area (Å²) in [6.07, 6.45) is 3.72. The molecule has 0 aliphatic carbocycles. The van der Waals surface area contributed by atoms with Crippen LogP contribution in [-0.2, 0) is 4.79 Å². The molecule has 0 saturated carbocycles. The van der Waals surface area contributed by atoms with Crippen molar-refractivity contribution < 1.29 is 9.59 Å². The maximum atomic E-state index is 12.9. The number of hydrogen-bond acceptors (Lipinski definition) is 4. The number of nitrogens with one attached hydrogen (secondary N) is 2. The highest BCUT2D eigenvalue weighted by Gasteiger charge is 2.36. The Morgan fingerprint density at radius 1 is 1.42 bits per heavy atom. The van der Waals surface area contributed by atoms with E-state index in [0.29, 0.717) is 11.4 Å². The second kappa shape index (κ2) is 6.76. The molecule has 1 fully saturated rings. The predicted octanol–water partition coefficient (Wildman–Crippen LogP) is 2.39. The fourth-order valence-electron chi connectivity index (χ4n) is 3.11. The highest BCUT2D eigenvalue weighted by atomic mass is 32.1. The third-order valence-electron chi connectivity index (χ3n) is 4.38. The van der Waals surface area contributed by atoms with E-state index >= 15 is 0 Å². The van der Waals surface area contributed by atoms with Gasteiger partial charge < -0.3 is 10.2 Å². The SMILES string of the molecule is CC(C)(NC(=O)c1cccs1)C(=O)N1CCCC(c2ccn[nH]2)C1. The minimum absolute atomic E-state index is 0.0448. The Labute approximate surface area is 145 Å². The van der Waals surface area contributed by atoms with Gasteiger partial charge in [0.2, 0.25) is 5.91 Å². The Morgan fingerprint density at radius 3 is 2.92 bits per heavy atom. The van der Waals surface area contributed by atoms with Gasteiger partial charge in [0, 0.05) is 30.9 Å². The molecule has 3 rings (SSSR count). The fourth-order valence-corrected chi connectivity index (χ4v) is 3.73. The van der Waals surface area contributed by atoms with Gasteiger partial charge in [-0.2, -0.15) is 5.10 Å². The molecule has 0 spiro atoms. The average molecular weight is 346 g/mol. The summed E-state index contributed by atoms with van der Waals surface area (Å²) in [4.78, 5) is 27.7. The van der Waals surface area contributed by atoms with Gasteiger partial charge in [0.15, 0.2) is 0 Å². The fraction of sp³-hybridized carbons (Fsp3) is 0.471. The number of thiophene rings is 1. The Balaban J connectivity index is 1.66. The lowest BCUT2D eigenvalue weighted by Crippen LogP contribution is -2.57. The van der Waals surface area contributed by atoms with Gasteiger partial charge in [-0.05, 0) is 44.2 Å². The summed E-state index contributed by atoms with van der Waals surface area (Å²) in [5, 5.41) is 11.7. The molecule has 1 aliphatic rings. The third kappa shape index (κ3) is 3.51. The van der Waals surface area contributed by atoms with E-state index in [-0.39, 0.29) is 17.7 Å². The smallest absolute Gasteiger partial charge is 0.262 e. The van der Waals surface area contributed by atoms with E-state index < -0.39 is 5.54 Å². The molecule has 1 saturated heterocycles. The van der Waals surface area contributed by atoms with E-state index in [2.05, 4.69) is 15.5 Å². The van der Waals surface area contributed by atoms with Crippen LogP contribution >= 0.6 is 11.3 Å². The van der Waals surface area contributed by atoms with Crippen LogP contribution in [0.5, 0.6) is 0 Å². The van der Waals surface area contributed by atoms with Crippen molar-refractivity contribution in [2.75, 3.05) is 13.1 Å². The summed E-state index contributed by atoms with van der Waals surface area (Å²) in [7, 11) is 0. The van der Waals surface area contributed by atoms with Crippen molar-refractivity contribution >= 4 is 23.2 Å². The predicted molar refractivity (Wildman–Crippen MR) is 93.0 cm³/mol. The van der Waals surface area contributed by atoms with Crippen LogP contribution in [0, 0.1) is 0 Å². The zero-order valence-corrected chi connectivity index (χ0v) is 14.7. The Kier molecular flexibility index (Phi) is 4.71. The summed E-state index contributed by atoms with van der Waals surface area (Å²) >= 11 is 1.37. The van der Waals surface area contributed by atoms with Crippen LogP contribution in [0.1, 0.15) is 48.0 Å². The third-order valence-corrected chi connectivity index (χ3v) is 5.25. The van der Waals surface area contributed by atoms with Gasteiger partial charge in [-0.15, -0.1) is 11.3 Å². The molecule has 1 unspecified atom stereocenters. The van der Waals surface area contributed by atoms with E-state index in [1.165, 1.54) is 11.3 Å². The number of H-pyrrole nitrogens is 1. The number of nitrogens with zero attached hydrogens (tertiary/aromatic N) is 2. The number of aromatic amines is 1. The van der Waals surface area contributed by atoms with Crippen LogP contribution in [-0.4, -0.2) is 45.5 Å². The van der Waals surface area contributed by atoms with Crippen molar-refractivity contribution in [3.05, 3.63) is 40.3 Å². The maximum absolute atomic E-state index is 12.9. The molecule has 2 aromatic heterocycles. The van der Waals surface area contributed by atoms with Crippen LogP contribution in [0.2, 0.25) is 0 Å². The molecule has 128 valence electrons. The average Bonchev–Trinajstić information content (AvgIpc) is 3.27. The number of carbonyl (C=O) groups excluding carboxylic acids is 2. The first-order valence-corrected chi connectivity index (χ1v) is 9.00. The van der Waals surface area contributed by atoms with Gasteiger partial charge in [-0.1, -0.05) is 6.07 Å². The lowest BCUT2D eigenvalue weighted by molar-refractivity contribution is -0.138. The van der Waals surface area contributed by atoms with Gasteiger partial charge in [0.1, 0.15) is 5.54 Å². The Bertz CT molecular complexity index is 694. The van der Waals surface area contributed by atoms with Crippen LogP contribution < -0.4 is 5.32 Å². The van der Waals surface area contributed by atoms with Crippen LogP contribution in [0.25, 0.3) is 0 Å². The lowest BCUT2D eigenvalue weighted by atomic mass is 9.93. The molecule has 7 heteroatoms.